The van der Waals surface area contributed by atoms with Crippen molar-refractivity contribution in [2.24, 2.45) is 0 Å². The molecule has 0 saturated carbocycles. The van der Waals surface area contributed by atoms with Crippen molar-refractivity contribution in [2.75, 3.05) is 26.6 Å². The van der Waals surface area contributed by atoms with Gasteiger partial charge in [0.15, 0.2) is 17.8 Å². The summed E-state index contributed by atoms with van der Waals surface area (Å²) in [6.07, 6.45) is -0.481. The van der Waals surface area contributed by atoms with Gasteiger partial charge in [0.05, 0.1) is 0 Å². The SMILES string of the molecule is CCOC(CNC(C(=O)O)c1ccc2c(c1)OCO2)OCC. The van der Waals surface area contributed by atoms with Gasteiger partial charge in [0.2, 0.25) is 6.79 Å². The molecule has 0 aliphatic carbocycles. The van der Waals surface area contributed by atoms with Crippen LogP contribution in [0.15, 0.2) is 18.2 Å². The average Bonchev–Trinajstić information content (AvgIpc) is 2.95. The van der Waals surface area contributed by atoms with E-state index in [4.69, 9.17) is 18.9 Å². The van der Waals surface area contributed by atoms with E-state index in [1.165, 1.54) is 0 Å². The molecule has 0 spiro atoms. The summed E-state index contributed by atoms with van der Waals surface area (Å²) in [6, 6.07) is 4.20. The number of carboxylic acids is 1. The van der Waals surface area contributed by atoms with E-state index in [1.54, 1.807) is 18.2 Å². The van der Waals surface area contributed by atoms with Gasteiger partial charge in [-0.25, -0.2) is 0 Å². The molecular formula is C15H21NO6. The fourth-order valence-corrected chi connectivity index (χ4v) is 2.19. The lowest BCUT2D eigenvalue weighted by molar-refractivity contribution is -0.144. The standard InChI is InChI=1S/C15H21NO6/c1-3-19-13(20-4-2)8-16-14(15(17)18)10-5-6-11-12(7-10)22-9-21-11/h5-7,13-14,16H,3-4,8-9H2,1-2H3,(H,17,18). The maximum absolute atomic E-state index is 11.5. The highest BCUT2D eigenvalue weighted by Crippen LogP contribution is 2.34. The molecule has 1 aromatic rings. The monoisotopic (exact) mass is 311 g/mol. The molecule has 0 fully saturated rings. The van der Waals surface area contributed by atoms with Crippen molar-refractivity contribution in [2.45, 2.75) is 26.2 Å². The normalized spacial score (nSPS) is 14.3. The van der Waals surface area contributed by atoms with E-state index in [0.717, 1.165) is 0 Å². The number of rotatable bonds is 9. The van der Waals surface area contributed by atoms with Crippen molar-refractivity contribution < 1.29 is 28.8 Å². The molecule has 22 heavy (non-hydrogen) atoms. The van der Waals surface area contributed by atoms with Gasteiger partial charge >= 0.3 is 5.97 Å². The summed E-state index contributed by atoms with van der Waals surface area (Å²) in [5.74, 6) is 0.191. The first-order chi connectivity index (χ1) is 10.7. The molecule has 1 heterocycles. The van der Waals surface area contributed by atoms with Crippen molar-refractivity contribution in [3.8, 4) is 11.5 Å². The van der Waals surface area contributed by atoms with Crippen molar-refractivity contribution in [3.05, 3.63) is 23.8 Å². The molecule has 7 nitrogen and oxygen atoms in total. The van der Waals surface area contributed by atoms with E-state index in [2.05, 4.69) is 5.32 Å². The van der Waals surface area contributed by atoms with Gasteiger partial charge in [0.1, 0.15) is 6.04 Å². The van der Waals surface area contributed by atoms with Crippen molar-refractivity contribution >= 4 is 5.97 Å². The number of carboxylic acid groups (broad SMARTS) is 1. The predicted octanol–water partition coefficient (Wildman–Crippen LogP) is 1.53. The summed E-state index contributed by atoms with van der Waals surface area (Å²) >= 11 is 0. The molecule has 122 valence electrons. The Hall–Kier alpha value is -1.83. The van der Waals surface area contributed by atoms with Gasteiger partial charge in [0.25, 0.3) is 0 Å². The zero-order valence-corrected chi connectivity index (χ0v) is 12.7. The Labute approximate surface area is 129 Å². The minimum Gasteiger partial charge on any atom is -0.480 e. The molecule has 1 aliphatic rings. The second-order valence-corrected chi connectivity index (χ2v) is 4.63. The molecule has 1 atom stereocenters. The predicted molar refractivity (Wildman–Crippen MR) is 78.0 cm³/mol. The molecule has 1 aliphatic heterocycles. The van der Waals surface area contributed by atoms with E-state index in [-0.39, 0.29) is 13.3 Å². The Kier molecular flexibility index (Phi) is 6.00. The molecule has 7 heteroatoms. The fraction of sp³-hybridized carbons (Fsp3) is 0.533. The molecule has 2 rings (SSSR count). The van der Waals surface area contributed by atoms with Crippen LogP contribution >= 0.6 is 0 Å². The van der Waals surface area contributed by atoms with Crippen LogP contribution in [0.25, 0.3) is 0 Å². The van der Waals surface area contributed by atoms with Gasteiger partial charge in [-0.2, -0.15) is 0 Å². The molecule has 0 radical (unpaired) electrons. The highest BCUT2D eigenvalue weighted by Gasteiger charge is 2.24. The minimum atomic E-state index is -0.981. The summed E-state index contributed by atoms with van der Waals surface area (Å²) < 4.78 is 21.3. The average molecular weight is 311 g/mol. The number of benzene rings is 1. The third kappa shape index (κ3) is 4.09. The Morgan fingerprint density at radius 1 is 1.27 bits per heavy atom. The van der Waals surface area contributed by atoms with E-state index < -0.39 is 18.3 Å². The topological polar surface area (TPSA) is 86.3 Å². The van der Waals surface area contributed by atoms with Crippen molar-refractivity contribution in [1.29, 1.82) is 0 Å². The first-order valence-electron chi connectivity index (χ1n) is 7.24. The van der Waals surface area contributed by atoms with Crippen molar-refractivity contribution in [1.82, 2.24) is 5.32 Å². The van der Waals surface area contributed by atoms with E-state index in [9.17, 15) is 9.90 Å². The lowest BCUT2D eigenvalue weighted by atomic mass is 10.1. The Balaban J connectivity index is 2.05. The van der Waals surface area contributed by atoms with E-state index in [0.29, 0.717) is 30.3 Å². The molecule has 0 bridgehead atoms. The molecule has 1 aromatic carbocycles. The number of ether oxygens (including phenoxy) is 4. The molecule has 0 aromatic heterocycles. The number of nitrogens with one attached hydrogen (secondary N) is 1. The van der Waals surface area contributed by atoms with Gasteiger partial charge in [-0.15, -0.1) is 0 Å². The van der Waals surface area contributed by atoms with Crippen LogP contribution in [-0.4, -0.2) is 43.9 Å². The maximum Gasteiger partial charge on any atom is 0.325 e. The fourth-order valence-electron chi connectivity index (χ4n) is 2.19. The summed E-state index contributed by atoms with van der Waals surface area (Å²) in [4.78, 5) is 11.5. The molecule has 0 amide bonds. The maximum atomic E-state index is 11.5. The van der Waals surface area contributed by atoms with Crippen LogP contribution in [0.3, 0.4) is 0 Å². The smallest absolute Gasteiger partial charge is 0.325 e. The highest BCUT2D eigenvalue weighted by molar-refractivity contribution is 5.76. The zero-order valence-electron chi connectivity index (χ0n) is 12.7. The summed E-state index contributed by atoms with van der Waals surface area (Å²) in [5, 5.41) is 12.4. The Morgan fingerprint density at radius 2 is 1.95 bits per heavy atom. The van der Waals surface area contributed by atoms with E-state index >= 15 is 0 Å². The molecular weight excluding hydrogens is 290 g/mol. The minimum absolute atomic E-state index is 0.153. The van der Waals surface area contributed by atoms with Gasteiger partial charge in [-0.05, 0) is 31.5 Å². The van der Waals surface area contributed by atoms with E-state index in [1.807, 2.05) is 13.8 Å². The van der Waals surface area contributed by atoms with Gasteiger partial charge in [-0.3, -0.25) is 10.1 Å². The second-order valence-electron chi connectivity index (χ2n) is 4.63. The Morgan fingerprint density at radius 3 is 2.59 bits per heavy atom. The molecule has 0 saturated heterocycles. The third-order valence-electron chi connectivity index (χ3n) is 3.17. The highest BCUT2D eigenvalue weighted by atomic mass is 16.7. The van der Waals surface area contributed by atoms with Gasteiger partial charge in [-0.1, -0.05) is 6.07 Å². The van der Waals surface area contributed by atoms with Crippen molar-refractivity contribution in [3.63, 3.8) is 0 Å². The van der Waals surface area contributed by atoms with Crippen LogP contribution in [0.2, 0.25) is 0 Å². The van der Waals surface area contributed by atoms with Crippen LogP contribution in [0.5, 0.6) is 11.5 Å². The van der Waals surface area contributed by atoms with Gasteiger partial charge < -0.3 is 24.1 Å². The summed E-state index contributed by atoms with van der Waals surface area (Å²) in [5.41, 5.74) is 0.587. The van der Waals surface area contributed by atoms with Crippen LogP contribution in [-0.2, 0) is 14.3 Å². The van der Waals surface area contributed by atoms with Crippen LogP contribution in [0, 0.1) is 0 Å². The van der Waals surface area contributed by atoms with Crippen LogP contribution in [0.4, 0.5) is 0 Å². The zero-order chi connectivity index (χ0) is 15.9. The Bertz CT molecular complexity index is 501. The second kappa shape index (κ2) is 7.98. The number of hydrogen-bond donors (Lipinski definition) is 2. The van der Waals surface area contributed by atoms with Gasteiger partial charge in [0, 0.05) is 19.8 Å². The first kappa shape index (κ1) is 16.5. The number of carbonyl (C=O) groups is 1. The number of fused-ring (bicyclic) bond motifs is 1. The summed E-state index contributed by atoms with van der Waals surface area (Å²) in [6.45, 7) is 5.13. The molecule has 1 unspecified atom stereocenters. The summed E-state index contributed by atoms with van der Waals surface area (Å²) in [7, 11) is 0. The quantitative estimate of drug-likeness (QED) is 0.669. The first-order valence-corrected chi connectivity index (χ1v) is 7.24. The van der Waals surface area contributed by atoms with Crippen LogP contribution in [0.1, 0.15) is 25.5 Å². The third-order valence-corrected chi connectivity index (χ3v) is 3.17. The molecule has 2 N–H and O–H groups in total. The van der Waals surface area contributed by atoms with Crippen LogP contribution < -0.4 is 14.8 Å². The lowest BCUT2D eigenvalue weighted by Crippen LogP contribution is -2.37. The largest absolute Gasteiger partial charge is 0.480 e. The number of aliphatic carboxylic acids is 1. The lowest BCUT2D eigenvalue weighted by Gasteiger charge is -2.21. The number of hydrogen-bond acceptors (Lipinski definition) is 6.